The van der Waals surface area contributed by atoms with E-state index in [4.69, 9.17) is 4.74 Å². The predicted molar refractivity (Wildman–Crippen MR) is 79.7 cm³/mol. The Hall–Kier alpha value is -1.58. The first kappa shape index (κ1) is 15.5. The van der Waals surface area contributed by atoms with Crippen molar-refractivity contribution in [2.45, 2.75) is 46.0 Å². The minimum Gasteiger partial charge on any atom is -0.488 e. The highest BCUT2D eigenvalue weighted by Gasteiger charge is 2.06. The second kappa shape index (κ2) is 9.36. The second-order valence-electron chi connectivity index (χ2n) is 4.54. The molecule has 106 valence electrons. The number of anilines is 1. The largest absolute Gasteiger partial charge is 0.488 e. The van der Waals surface area contributed by atoms with E-state index in [1.807, 2.05) is 13.0 Å². The molecular formula is C15H25N3O. The number of nitrogens with zero attached hydrogens (tertiary/aromatic N) is 2. The maximum absolute atomic E-state index is 5.75. The standard InChI is InChI=1S/C15H25N3O/c1-4-6-8-9-11-19-14-12-17-13(3)18-15(14)16-10-7-5-2/h4,12H,1,5-11H2,2-3H3,(H,16,17,18). The van der Waals surface area contributed by atoms with Crippen molar-refractivity contribution < 1.29 is 4.74 Å². The lowest BCUT2D eigenvalue weighted by Crippen LogP contribution is -2.08. The third-order valence-electron chi connectivity index (χ3n) is 2.76. The van der Waals surface area contributed by atoms with E-state index in [9.17, 15) is 0 Å². The number of nitrogens with one attached hydrogen (secondary N) is 1. The van der Waals surface area contributed by atoms with Gasteiger partial charge in [-0.3, -0.25) is 0 Å². The van der Waals surface area contributed by atoms with Crippen LogP contribution in [0.4, 0.5) is 5.82 Å². The van der Waals surface area contributed by atoms with Crippen molar-refractivity contribution in [3.8, 4) is 5.75 Å². The van der Waals surface area contributed by atoms with Gasteiger partial charge >= 0.3 is 0 Å². The molecule has 0 amide bonds. The normalized spacial score (nSPS) is 10.2. The SMILES string of the molecule is C=CCCCCOc1cnc(C)nc1NCCCC. The molecule has 1 aromatic heterocycles. The quantitative estimate of drug-likeness (QED) is 0.516. The van der Waals surface area contributed by atoms with Crippen LogP contribution in [0.3, 0.4) is 0 Å². The lowest BCUT2D eigenvalue weighted by molar-refractivity contribution is 0.306. The fraction of sp³-hybridized carbons (Fsp3) is 0.600. The molecule has 1 heterocycles. The van der Waals surface area contributed by atoms with Gasteiger partial charge in [0.15, 0.2) is 11.6 Å². The summed E-state index contributed by atoms with van der Waals surface area (Å²) in [7, 11) is 0. The van der Waals surface area contributed by atoms with Crippen molar-refractivity contribution in [2.75, 3.05) is 18.5 Å². The van der Waals surface area contributed by atoms with Crippen LogP contribution in [-0.2, 0) is 0 Å². The number of allylic oxidation sites excluding steroid dienone is 1. The van der Waals surface area contributed by atoms with E-state index in [1.165, 1.54) is 0 Å². The van der Waals surface area contributed by atoms with Crippen LogP contribution in [0.1, 0.15) is 44.9 Å². The van der Waals surface area contributed by atoms with E-state index in [2.05, 4.69) is 28.8 Å². The Morgan fingerprint density at radius 3 is 2.95 bits per heavy atom. The summed E-state index contributed by atoms with van der Waals surface area (Å²) >= 11 is 0. The smallest absolute Gasteiger partial charge is 0.179 e. The lowest BCUT2D eigenvalue weighted by atomic mass is 10.2. The maximum atomic E-state index is 5.75. The zero-order chi connectivity index (χ0) is 13.9. The minimum atomic E-state index is 0.697. The number of ether oxygens (including phenoxy) is 1. The number of aryl methyl sites for hydroxylation is 1. The zero-order valence-corrected chi connectivity index (χ0v) is 12.1. The van der Waals surface area contributed by atoms with Crippen LogP contribution in [-0.4, -0.2) is 23.1 Å². The Balaban J connectivity index is 2.47. The number of rotatable bonds is 10. The van der Waals surface area contributed by atoms with E-state index in [0.29, 0.717) is 6.61 Å². The molecule has 4 nitrogen and oxygen atoms in total. The molecule has 0 saturated heterocycles. The molecule has 0 radical (unpaired) electrons. The molecule has 0 aliphatic heterocycles. The Bertz CT molecular complexity index is 380. The Morgan fingerprint density at radius 2 is 2.21 bits per heavy atom. The molecule has 0 bridgehead atoms. The molecule has 0 aliphatic rings. The van der Waals surface area contributed by atoms with E-state index >= 15 is 0 Å². The Kier molecular flexibility index (Phi) is 7.63. The summed E-state index contributed by atoms with van der Waals surface area (Å²) in [4.78, 5) is 8.59. The molecule has 0 aromatic carbocycles. The Labute approximate surface area is 116 Å². The van der Waals surface area contributed by atoms with Crippen molar-refractivity contribution in [3.05, 3.63) is 24.7 Å². The van der Waals surface area contributed by atoms with Crippen LogP contribution in [0.2, 0.25) is 0 Å². The van der Waals surface area contributed by atoms with Crippen LogP contribution < -0.4 is 10.1 Å². The molecule has 1 aromatic rings. The summed E-state index contributed by atoms with van der Waals surface area (Å²) in [6.07, 6.45) is 9.14. The van der Waals surface area contributed by atoms with Crippen LogP contribution in [0.5, 0.6) is 5.75 Å². The van der Waals surface area contributed by atoms with E-state index in [0.717, 1.165) is 56.0 Å². The highest BCUT2D eigenvalue weighted by molar-refractivity contribution is 5.48. The van der Waals surface area contributed by atoms with Crippen LogP contribution >= 0.6 is 0 Å². The maximum Gasteiger partial charge on any atom is 0.179 e. The average molecular weight is 263 g/mol. The molecule has 0 saturated carbocycles. The first-order valence-corrected chi connectivity index (χ1v) is 7.09. The van der Waals surface area contributed by atoms with Gasteiger partial charge in [0.1, 0.15) is 5.82 Å². The number of hydrogen-bond donors (Lipinski definition) is 1. The first-order valence-electron chi connectivity index (χ1n) is 7.09. The molecular weight excluding hydrogens is 238 g/mol. The third kappa shape index (κ3) is 6.22. The third-order valence-corrected chi connectivity index (χ3v) is 2.76. The highest BCUT2D eigenvalue weighted by Crippen LogP contribution is 2.21. The molecule has 0 spiro atoms. The van der Waals surface area contributed by atoms with Crippen molar-refractivity contribution in [2.24, 2.45) is 0 Å². The topological polar surface area (TPSA) is 47.0 Å². The summed E-state index contributed by atoms with van der Waals surface area (Å²) in [6, 6.07) is 0. The molecule has 1 rings (SSSR count). The van der Waals surface area contributed by atoms with Gasteiger partial charge in [-0.1, -0.05) is 19.4 Å². The van der Waals surface area contributed by atoms with E-state index < -0.39 is 0 Å². The number of aromatic nitrogens is 2. The zero-order valence-electron chi connectivity index (χ0n) is 12.1. The number of hydrogen-bond acceptors (Lipinski definition) is 4. The molecule has 0 fully saturated rings. The molecule has 19 heavy (non-hydrogen) atoms. The van der Waals surface area contributed by atoms with Crippen LogP contribution in [0.25, 0.3) is 0 Å². The molecule has 0 aliphatic carbocycles. The van der Waals surface area contributed by atoms with Gasteiger partial charge in [-0.25, -0.2) is 9.97 Å². The molecule has 0 atom stereocenters. The highest BCUT2D eigenvalue weighted by atomic mass is 16.5. The van der Waals surface area contributed by atoms with Gasteiger partial charge in [-0.15, -0.1) is 6.58 Å². The van der Waals surface area contributed by atoms with Gasteiger partial charge in [0.25, 0.3) is 0 Å². The van der Waals surface area contributed by atoms with Crippen molar-refractivity contribution in [1.82, 2.24) is 9.97 Å². The van der Waals surface area contributed by atoms with Crippen molar-refractivity contribution in [3.63, 3.8) is 0 Å². The van der Waals surface area contributed by atoms with E-state index in [1.54, 1.807) is 6.20 Å². The van der Waals surface area contributed by atoms with Gasteiger partial charge in [0.2, 0.25) is 0 Å². The van der Waals surface area contributed by atoms with Crippen molar-refractivity contribution >= 4 is 5.82 Å². The number of unbranched alkanes of at least 4 members (excludes halogenated alkanes) is 3. The van der Waals surface area contributed by atoms with Gasteiger partial charge in [-0.05, 0) is 32.6 Å². The molecule has 4 heteroatoms. The van der Waals surface area contributed by atoms with Crippen LogP contribution in [0, 0.1) is 6.92 Å². The summed E-state index contributed by atoms with van der Waals surface area (Å²) in [6.45, 7) is 9.38. The fourth-order valence-electron chi connectivity index (χ4n) is 1.65. The van der Waals surface area contributed by atoms with E-state index in [-0.39, 0.29) is 0 Å². The van der Waals surface area contributed by atoms with Gasteiger partial charge in [-0.2, -0.15) is 0 Å². The summed E-state index contributed by atoms with van der Waals surface area (Å²) in [5.41, 5.74) is 0. The summed E-state index contributed by atoms with van der Waals surface area (Å²) in [5.74, 6) is 2.32. The Morgan fingerprint density at radius 1 is 1.37 bits per heavy atom. The van der Waals surface area contributed by atoms with Gasteiger partial charge in [0, 0.05) is 6.54 Å². The van der Waals surface area contributed by atoms with Crippen LogP contribution in [0.15, 0.2) is 18.9 Å². The summed E-state index contributed by atoms with van der Waals surface area (Å²) < 4.78 is 5.75. The molecule has 1 N–H and O–H groups in total. The van der Waals surface area contributed by atoms with Crippen molar-refractivity contribution in [1.29, 1.82) is 0 Å². The first-order chi connectivity index (χ1) is 9.27. The second-order valence-corrected chi connectivity index (χ2v) is 4.54. The monoisotopic (exact) mass is 263 g/mol. The lowest BCUT2D eigenvalue weighted by Gasteiger charge is -2.12. The average Bonchev–Trinajstić information content (AvgIpc) is 2.41. The molecule has 0 unspecified atom stereocenters. The minimum absolute atomic E-state index is 0.697. The fourth-order valence-corrected chi connectivity index (χ4v) is 1.65. The van der Waals surface area contributed by atoms with Gasteiger partial charge < -0.3 is 10.1 Å². The summed E-state index contributed by atoms with van der Waals surface area (Å²) in [5, 5.41) is 3.31. The predicted octanol–water partition coefficient (Wildman–Crippen LogP) is 3.73. The van der Waals surface area contributed by atoms with Gasteiger partial charge in [0.05, 0.1) is 12.8 Å².